The smallest absolute Gasteiger partial charge is 0.259 e. The fourth-order valence-corrected chi connectivity index (χ4v) is 3.53. The summed E-state index contributed by atoms with van der Waals surface area (Å²) in [5.41, 5.74) is 1.97. The van der Waals surface area contributed by atoms with E-state index in [0.717, 1.165) is 43.0 Å². The summed E-state index contributed by atoms with van der Waals surface area (Å²) in [6, 6.07) is 10.9. The van der Waals surface area contributed by atoms with E-state index in [9.17, 15) is 4.79 Å². The minimum absolute atomic E-state index is 0. The SMILES string of the molecule is Cl.Cn1nc(C2CCNCC2)nc1NC(=O)c1cc(-c2ccccn2)ccc1Cl. The van der Waals surface area contributed by atoms with Gasteiger partial charge in [0.15, 0.2) is 5.82 Å². The average molecular weight is 433 g/mol. The molecule has 0 radical (unpaired) electrons. The number of amides is 1. The van der Waals surface area contributed by atoms with Gasteiger partial charge in [-0.15, -0.1) is 12.4 Å². The lowest BCUT2D eigenvalue weighted by atomic mass is 9.98. The van der Waals surface area contributed by atoms with Gasteiger partial charge in [-0.2, -0.15) is 10.1 Å². The minimum atomic E-state index is -0.324. The van der Waals surface area contributed by atoms with E-state index < -0.39 is 0 Å². The Morgan fingerprint density at radius 1 is 1.24 bits per heavy atom. The van der Waals surface area contributed by atoms with E-state index in [2.05, 4.69) is 25.7 Å². The molecule has 3 heterocycles. The second-order valence-electron chi connectivity index (χ2n) is 6.81. The Morgan fingerprint density at radius 3 is 2.76 bits per heavy atom. The molecule has 9 heteroatoms. The molecule has 1 aliphatic heterocycles. The number of carbonyl (C=O) groups is 1. The van der Waals surface area contributed by atoms with E-state index in [0.29, 0.717) is 22.5 Å². The molecule has 152 valence electrons. The summed E-state index contributed by atoms with van der Waals surface area (Å²) in [5, 5.41) is 11.0. The Kier molecular flexibility index (Phi) is 6.84. The van der Waals surface area contributed by atoms with Crippen molar-refractivity contribution in [2.75, 3.05) is 18.4 Å². The lowest BCUT2D eigenvalue weighted by molar-refractivity contribution is 0.102. The summed E-state index contributed by atoms with van der Waals surface area (Å²) in [5.74, 6) is 1.18. The van der Waals surface area contributed by atoms with Gasteiger partial charge in [0.1, 0.15) is 0 Å². The van der Waals surface area contributed by atoms with Crippen LogP contribution in [0, 0.1) is 0 Å². The molecule has 0 unspecified atom stereocenters. The number of benzene rings is 1. The van der Waals surface area contributed by atoms with E-state index in [1.54, 1.807) is 30.1 Å². The first-order chi connectivity index (χ1) is 13.6. The molecule has 0 bridgehead atoms. The highest BCUT2D eigenvalue weighted by molar-refractivity contribution is 6.34. The zero-order valence-electron chi connectivity index (χ0n) is 15.9. The molecule has 2 N–H and O–H groups in total. The van der Waals surface area contributed by atoms with Crippen LogP contribution in [0.15, 0.2) is 42.6 Å². The third-order valence-electron chi connectivity index (χ3n) is 4.88. The van der Waals surface area contributed by atoms with E-state index >= 15 is 0 Å². The standard InChI is InChI=1S/C20H21ClN6O.ClH/c1-27-20(24-18(26-27)13-7-10-22-11-8-13)25-19(28)15-12-14(5-6-16(15)21)17-4-2-3-9-23-17;/h2-6,9,12-13,22H,7-8,10-11H2,1H3,(H,24,25,26,28);1H. The molecule has 1 saturated heterocycles. The number of piperidine rings is 1. The molecule has 2 aromatic heterocycles. The summed E-state index contributed by atoms with van der Waals surface area (Å²) in [6.45, 7) is 1.92. The number of aryl methyl sites for hydroxylation is 1. The van der Waals surface area contributed by atoms with Crippen molar-refractivity contribution in [2.45, 2.75) is 18.8 Å². The fourth-order valence-electron chi connectivity index (χ4n) is 3.33. The van der Waals surface area contributed by atoms with Crippen LogP contribution in [0.2, 0.25) is 5.02 Å². The van der Waals surface area contributed by atoms with E-state index in [1.807, 2.05) is 24.3 Å². The average Bonchev–Trinajstić information content (AvgIpc) is 3.10. The molecule has 0 atom stereocenters. The van der Waals surface area contributed by atoms with Crippen molar-refractivity contribution in [2.24, 2.45) is 7.05 Å². The summed E-state index contributed by atoms with van der Waals surface area (Å²) < 4.78 is 1.60. The number of rotatable bonds is 4. The molecular formula is C20H22Cl2N6O. The molecule has 0 saturated carbocycles. The van der Waals surface area contributed by atoms with Crippen LogP contribution in [-0.4, -0.2) is 38.7 Å². The molecule has 1 amide bonds. The number of pyridine rings is 1. The largest absolute Gasteiger partial charge is 0.317 e. The molecule has 0 spiro atoms. The predicted octanol–water partition coefficient (Wildman–Crippen LogP) is 3.67. The number of anilines is 1. The van der Waals surface area contributed by atoms with Crippen molar-refractivity contribution in [3.8, 4) is 11.3 Å². The Labute approximate surface area is 180 Å². The van der Waals surface area contributed by atoms with Gasteiger partial charge < -0.3 is 5.32 Å². The topological polar surface area (TPSA) is 84.7 Å². The molecule has 1 fully saturated rings. The van der Waals surface area contributed by atoms with Crippen LogP contribution in [0.4, 0.5) is 5.95 Å². The second kappa shape index (κ2) is 9.35. The van der Waals surface area contributed by atoms with Crippen LogP contribution in [-0.2, 0) is 7.05 Å². The molecule has 1 aromatic carbocycles. The van der Waals surface area contributed by atoms with Crippen LogP contribution in [0.25, 0.3) is 11.3 Å². The summed E-state index contributed by atoms with van der Waals surface area (Å²) in [7, 11) is 1.78. The highest BCUT2D eigenvalue weighted by Crippen LogP contribution is 2.26. The quantitative estimate of drug-likeness (QED) is 0.656. The van der Waals surface area contributed by atoms with Crippen LogP contribution < -0.4 is 10.6 Å². The van der Waals surface area contributed by atoms with Crippen molar-refractivity contribution in [1.82, 2.24) is 25.1 Å². The van der Waals surface area contributed by atoms with Gasteiger partial charge in [0.05, 0.1) is 16.3 Å². The van der Waals surface area contributed by atoms with Gasteiger partial charge in [-0.1, -0.05) is 23.7 Å². The van der Waals surface area contributed by atoms with Crippen molar-refractivity contribution >= 4 is 35.9 Å². The number of hydrogen-bond acceptors (Lipinski definition) is 5. The monoisotopic (exact) mass is 432 g/mol. The normalized spacial score (nSPS) is 14.3. The first-order valence-corrected chi connectivity index (χ1v) is 9.63. The van der Waals surface area contributed by atoms with Gasteiger partial charge in [0.25, 0.3) is 5.91 Å². The van der Waals surface area contributed by atoms with Gasteiger partial charge in [0.2, 0.25) is 5.95 Å². The van der Waals surface area contributed by atoms with Crippen molar-refractivity contribution < 1.29 is 4.79 Å². The lowest BCUT2D eigenvalue weighted by Crippen LogP contribution is -2.27. The van der Waals surface area contributed by atoms with E-state index in [-0.39, 0.29) is 18.3 Å². The predicted molar refractivity (Wildman–Crippen MR) is 116 cm³/mol. The zero-order chi connectivity index (χ0) is 19.5. The van der Waals surface area contributed by atoms with Gasteiger partial charge in [-0.3, -0.25) is 15.1 Å². The van der Waals surface area contributed by atoms with Gasteiger partial charge in [-0.25, -0.2) is 4.68 Å². The van der Waals surface area contributed by atoms with Gasteiger partial charge >= 0.3 is 0 Å². The highest BCUT2D eigenvalue weighted by Gasteiger charge is 2.22. The molecule has 0 aliphatic carbocycles. The Balaban J connectivity index is 0.00000240. The van der Waals surface area contributed by atoms with Crippen LogP contribution in [0.1, 0.15) is 34.9 Å². The van der Waals surface area contributed by atoms with E-state index in [1.165, 1.54) is 0 Å². The molecular weight excluding hydrogens is 411 g/mol. The maximum absolute atomic E-state index is 12.8. The molecule has 4 rings (SSSR count). The maximum Gasteiger partial charge on any atom is 0.259 e. The number of halogens is 2. The Hall–Kier alpha value is -2.48. The Bertz CT molecular complexity index is 986. The second-order valence-corrected chi connectivity index (χ2v) is 7.21. The summed E-state index contributed by atoms with van der Waals surface area (Å²) in [4.78, 5) is 21.7. The number of nitrogens with one attached hydrogen (secondary N) is 2. The van der Waals surface area contributed by atoms with Crippen LogP contribution in [0.5, 0.6) is 0 Å². The number of hydrogen-bond donors (Lipinski definition) is 2. The lowest BCUT2D eigenvalue weighted by Gasteiger charge is -2.19. The summed E-state index contributed by atoms with van der Waals surface area (Å²) in [6.07, 6.45) is 3.70. The van der Waals surface area contributed by atoms with Crippen molar-refractivity contribution in [1.29, 1.82) is 0 Å². The highest BCUT2D eigenvalue weighted by atomic mass is 35.5. The third-order valence-corrected chi connectivity index (χ3v) is 5.21. The molecule has 3 aromatic rings. The number of carbonyl (C=O) groups excluding carboxylic acids is 1. The molecule has 7 nitrogen and oxygen atoms in total. The van der Waals surface area contributed by atoms with Gasteiger partial charge in [-0.05, 0) is 50.2 Å². The van der Waals surface area contributed by atoms with E-state index in [4.69, 9.17) is 11.6 Å². The number of aromatic nitrogens is 4. The third kappa shape index (κ3) is 4.75. The first-order valence-electron chi connectivity index (χ1n) is 9.26. The zero-order valence-corrected chi connectivity index (χ0v) is 17.5. The maximum atomic E-state index is 12.8. The summed E-state index contributed by atoms with van der Waals surface area (Å²) >= 11 is 6.28. The minimum Gasteiger partial charge on any atom is -0.317 e. The molecule has 29 heavy (non-hydrogen) atoms. The molecule has 1 aliphatic rings. The van der Waals surface area contributed by atoms with Crippen LogP contribution >= 0.6 is 24.0 Å². The first kappa shape index (κ1) is 21.2. The van der Waals surface area contributed by atoms with Crippen molar-refractivity contribution in [3.05, 3.63) is 59.0 Å². The fraction of sp³-hybridized carbons (Fsp3) is 0.300. The van der Waals surface area contributed by atoms with Crippen molar-refractivity contribution in [3.63, 3.8) is 0 Å². The number of nitrogens with zero attached hydrogens (tertiary/aromatic N) is 4. The van der Waals surface area contributed by atoms with Gasteiger partial charge in [0, 0.05) is 24.7 Å². The van der Waals surface area contributed by atoms with Crippen LogP contribution in [0.3, 0.4) is 0 Å². The Morgan fingerprint density at radius 2 is 2.03 bits per heavy atom.